The number of rotatable bonds is 4. The van der Waals surface area contributed by atoms with Crippen molar-refractivity contribution in [3.05, 3.63) is 52.8 Å². The van der Waals surface area contributed by atoms with Crippen LogP contribution < -0.4 is 10.2 Å². The molecule has 0 saturated carbocycles. The molecule has 0 bridgehead atoms. The molecule has 24 heavy (non-hydrogen) atoms. The highest BCUT2D eigenvalue weighted by atomic mass is 16.1. The molecule has 0 atom stereocenters. The molecular formula is C19H24N4O. The molecular weight excluding hydrogens is 300 g/mol. The lowest BCUT2D eigenvalue weighted by molar-refractivity contribution is 0.0944. The average molecular weight is 324 g/mol. The molecule has 0 aliphatic carbocycles. The maximum Gasteiger partial charge on any atom is 0.270 e. The quantitative estimate of drug-likeness (QED) is 0.939. The summed E-state index contributed by atoms with van der Waals surface area (Å²) in [6, 6.07) is 10.2. The molecule has 0 unspecified atom stereocenters. The van der Waals surface area contributed by atoms with E-state index in [9.17, 15) is 4.79 Å². The van der Waals surface area contributed by atoms with Gasteiger partial charge in [0.05, 0.1) is 0 Å². The van der Waals surface area contributed by atoms with Crippen LogP contribution in [0.2, 0.25) is 0 Å². The first-order valence-electron chi connectivity index (χ1n) is 8.48. The Hall–Kier alpha value is -2.43. The van der Waals surface area contributed by atoms with E-state index in [2.05, 4.69) is 58.3 Å². The van der Waals surface area contributed by atoms with Gasteiger partial charge in [-0.25, -0.2) is 9.97 Å². The van der Waals surface area contributed by atoms with Crippen molar-refractivity contribution in [1.82, 2.24) is 15.3 Å². The third kappa shape index (κ3) is 3.72. The number of benzene rings is 1. The van der Waals surface area contributed by atoms with Crippen LogP contribution in [0.3, 0.4) is 0 Å². The second-order valence-electron chi connectivity index (χ2n) is 6.74. The number of nitrogens with one attached hydrogen (secondary N) is 1. The van der Waals surface area contributed by atoms with E-state index in [1.165, 1.54) is 11.1 Å². The van der Waals surface area contributed by atoms with Gasteiger partial charge in [-0.3, -0.25) is 4.79 Å². The third-order valence-electron chi connectivity index (χ3n) is 4.16. The van der Waals surface area contributed by atoms with Gasteiger partial charge >= 0.3 is 0 Å². The van der Waals surface area contributed by atoms with Gasteiger partial charge in [0.2, 0.25) is 5.95 Å². The first-order valence-corrected chi connectivity index (χ1v) is 8.48. The van der Waals surface area contributed by atoms with Crippen molar-refractivity contribution in [3.8, 4) is 0 Å². The molecule has 1 amide bonds. The molecule has 1 aromatic carbocycles. The molecule has 1 aliphatic rings. The number of hydrogen-bond acceptors (Lipinski definition) is 4. The number of fused-ring (bicyclic) bond motifs is 1. The van der Waals surface area contributed by atoms with Crippen LogP contribution >= 0.6 is 0 Å². The van der Waals surface area contributed by atoms with Crippen molar-refractivity contribution >= 4 is 11.9 Å². The van der Waals surface area contributed by atoms with Crippen LogP contribution in [0.4, 0.5) is 5.95 Å². The molecule has 1 aromatic heterocycles. The summed E-state index contributed by atoms with van der Waals surface area (Å²) in [7, 11) is 0. The van der Waals surface area contributed by atoms with E-state index >= 15 is 0 Å². The number of amides is 1. The highest BCUT2D eigenvalue weighted by Crippen LogP contribution is 2.22. The molecule has 0 spiro atoms. The first kappa shape index (κ1) is 16.4. The van der Waals surface area contributed by atoms with E-state index < -0.39 is 0 Å². The number of nitrogens with zero attached hydrogens (tertiary/aromatic N) is 3. The number of aryl methyl sites for hydroxylation is 1. The SMILES string of the molecule is Cc1cc(C(=O)NCC(C)C)nc(N2CCc3ccccc3C2)n1. The van der Waals surface area contributed by atoms with Gasteiger partial charge in [0.15, 0.2) is 0 Å². The Labute approximate surface area is 143 Å². The summed E-state index contributed by atoms with van der Waals surface area (Å²) in [6.45, 7) is 8.35. The molecule has 2 heterocycles. The Balaban J connectivity index is 1.81. The fourth-order valence-corrected chi connectivity index (χ4v) is 2.86. The second kappa shape index (κ2) is 6.99. The zero-order valence-electron chi connectivity index (χ0n) is 14.5. The van der Waals surface area contributed by atoms with Crippen molar-refractivity contribution in [1.29, 1.82) is 0 Å². The zero-order chi connectivity index (χ0) is 17.1. The standard InChI is InChI=1S/C19H24N4O/c1-13(2)11-20-18(24)17-10-14(3)21-19(22-17)23-9-8-15-6-4-5-7-16(15)12-23/h4-7,10,13H,8-9,11-12H2,1-3H3,(H,20,24). The maximum atomic E-state index is 12.3. The molecule has 3 rings (SSSR count). The van der Waals surface area contributed by atoms with Gasteiger partial charge in [-0.05, 0) is 36.5 Å². The Kier molecular flexibility index (Phi) is 4.79. The lowest BCUT2D eigenvalue weighted by Crippen LogP contribution is -2.33. The maximum absolute atomic E-state index is 12.3. The highest BCUT2D eigenvalue weighted by molar-refractivity contribution is 5.92. The molecule has 1 aliphatic heterocycles. The molecule has 0 radical (unpaired) electrons. The summed E-state index contributed by atoms with van der Waals surface area (Å²) in [5.74, 6) is 0.919. The van der Waals surface area contributed by atoms with E-state index in [4.69, 9.17) is 0 Å². The monoisotopic (exact) mass is 324 g/mol. The molecule has 0 fully saturated rings. The number of hydrogen-bond donors (Lipinski definition) is 1. The van der Waals surface area contributed by atoms with Crippen LogP contribution in [0.5, 0.6) is 0 Å². The van der Waals surface area contributed by atoms with Gasteiger partial charge in [0.1, 0.15) is 5.69 Å². The van der Waals surface area contributed by atoms with Crippen LogP contribution in [0.1, 0.15) is 41.2 Å². The van der Waals surface area contributed by atoms with Gasteiger partial charge in [-0.15, -0.1) is 0 Å². The van der Waals surface area contributed by atoms with Crippen LogP contribution in [0, 0.1) is 12.8 Å². The van der Waals surface area contributed by atoms with Crippen molar-refractivity contribution in [2.75, 3.05) is 18.0 Å². The number of aromatic nitrogens is 2. The molecule has 0 saturated heterocycles. The summed E-state index contributed by atoms with van der Waals surface area (Å²) in [6.07, 6.45) is 0.975. The minimum Gasteiger partial charge on any atom is -0.350 e. The highest BCUT2D eigenvalue weighted by Gasteiger charge is 2.20. The summed E-state index contributed by atoms with van der Waals surface area (Å²) in [4.78, 5) is 23.5. The Morgan fingerprint density at radius 1 is 1.25 bits per heavy atom. The van der Waals surface area contributed by atoms with Crippen molar-refractivity contribution in [2.24, 2.45) is 5.92 Å². The fourth-order valence-electron chi connectivity index (χ4n) is 2.86. The fraction of sp³-hybridized carbons (Fsp3) is 0.421. The van der Waals surface area contributed by atoms with E-state index in [0.29, 0.717) is 24.1 Å². The van der Waals surface area contributed by atoms with Crippen LogP contribution in [0.25, 0.3) is 0 Å². The topological polar surface area (TPSA) is 58.1 Å². The number of carbonyl (C=O) groups is 1. The van der Waals surface area contributed by atoms with Crippen LogP contribution in [-0.2, 0) is 13.0 Å². The molecule has 2 aromatic rings. The average Bonchev–Trinajstić information content (AvgIpc) is 2.58. The Bertz CT molecular complexity index is 742. The normalized spacial score (nSPS) is 13.8. The molecule has 5 heteroatoms. The van der Waals surface area contributed by atoms with Gasteiger partial charge in [0, 0.05) is 25.3 Å². The lowest BCUT2D eigenvalue weighted by atomic mass is 10.0. The minimum atomic E-state index is -0.132. The van der Waals surface area contributed by atoms with E-state index in [0.717, 1.165) is 25.2 Å². The number of anilines is 1. The van der Waals surface area contributed by atoms with E-state index in [1.807, 2.05) is 6.92 Å². The largest absolute Gasteiger partial charge is 0.350 e. The summed E-state index contributed by atoms with van der Waals surface area (Å²) in [5.41, 5.74) is 3.95. The van der Waals surface area contributed by atoms with Gasteiger partial charge in [0.25, 0.3) is 5.91 Å². The van der Waals surface area contributed by atoms with Gasteiger partial charge in [-0.2, -0.15) is 0 Å². The minimum absolute atomic E-state index is 0.132. The van der Waals surface area contributed by atoms with Crippen LogP contribution in [-0.4, -0.2) is 29.0 Å². The number of carbonyl (C=O) groups excluding carboxylic acids is 1. The predicted molar refractivity (Wildman–Crippen MR) is 95.1 cm³/mol. The Morgan fingerprint density at radius 2 is 2.00 bits per heavy atom. The summed E-state index contributed by atoms with van der Waals surface area (Å²) in [5, 5.41) is 2.92. The van der Waals surface area contributed by atoms with Crippen LogP contribution in [0.15, 0.2) is 30.3 Å². The van der Waals surface area contributed by atoms with Gasteiger partial charge < -0.3 is 10.2 Å². The third-order valence-corrected chi connectivity index (χ3v) is 4.16. The van der Waals surface area contributed by atoms with Crippen molar-refractivity contribution < 1.29 is 4.79 Å². The summed E-state index contributed by atoms with van der Waals surface area (Å²) < 4.78 is 0. The van der Waals surface area contributed by atoms with E-state index in [-0.39, 0.29) is 5.91 Å². The Morgan fingerprint density at radius 3 is 2.75 bits per heavy atom. The predicted octanol–water partition coefficient (Wildman–Crippen LogP) is 2.73. The smallest absolute Gasteiger partial charge is 0.270 e. The van der Waals surface area contributed by atoms with E-state index in [1.54, 1.807) is 6.07 Å². The van der Waals surface area contributed by atoms with Crippen molar-refractivity contribution in [3.63, 3.8) is 0 Å². The van der Waals surface area contributed by atoms with Gasteiger partial charge in [-0.1, -0.05) is 38.1 Å². The molecule has 5 nitrogen and oxygen atoms in total. The summed E-state index contributed by atoms with van der Waals surface area (Å²) >= 11 is 0. The first-order chi connectivity index (χ1) is 11.5. The molecule has 1 N–H and O–H groups in total. The zero-order valence-corrected chi connectivity index (χ0v) is 14.5. The lowest BCUT2D eigenvalue weighted by Gasteiger charge is -2.29. The van der Waals surface area contributed by atoms with Crippen molar-refractivity contribution in [2.45, 2.75) is 33.7 Å². The molecule has 126 valence electrons. The second-order valence-corrected chi connectivity index (χ2v) is 6.74.